The van der Waals surface area contributed by atoms with Gasteiger partial charge < -0.3 is 0 Å². The van der Waals surface area contributed by atoms with E-state index in [0.717, 1.165) is 18.6 Å². The third kappa shape index (κ3) is 2.74. The van der Waals surface area contributed by atoms with Gasteiger partial charge in [-0.15, -0.1) is 11.6 Å². The van der Waals surface area contributed by atoms with Crippen molar-refractivity contribution >= 4 is 11.6 Å². The van der Waals surface area contributed by atoms with Crippen LogP contribution in [0.4, 0.5) is 0 Å². The molecule has 86 valence electrons. The van der Waals surface area contributed by atoms with E-state index in [9.17, 15) is 0 Å². The minimum absolute atomic E-state index is 0.639. The highest BCUT2D eigenvalue weighted by molar-refractivity contribution is 6.18. The Labute approximate surface area is 97.9 Å². The summed E-state index contributed by atoms with van der Waals surface area (Å²) in [6.07, 6.45) is 8.38. The number of halogens is 1. The molecule has 2 bridgehead atoms. The van der Waals surface area contributed by atoms with Gasteiger partial charge in [0.05, 0.1) is 0 Å². The van der Waals surface area contributed by atoms with Crippen molar-refractivity contribution in [3.05, 3.63) is 12.2 Å². The van der Waals surface area contributed by atoms with E-state index in [-0.39, 0.29) is 0 Å². The Morgan fingerprint density at radius 2 is 2.00 bits per heavy atom. The van der Waals surface area contributed by atoms with Crippen LogP contribution in [0.2, 0.25) is 0 Å². The monoisotopic (exact) mass is 228 g/mol. The van der Waals surface area contributed by atoms with E-state index in [4.69, 9.17) is 11.6 Å². The van der Waals surface area contributed by atoms with Gasteiger partial charge in [-0.2, -0.15) is 0 Å². The van der Waals surface area contributed by atoms with Crippen LogP contribution in [0, 0.1) is 0 Å². The smallest absolute Gasteiger partial charge is 0.0404 e. The van der Waals surface area contributed by atoms with E-state index in [1.807, 2.05) is 0 Å². The van der Waals surface area contributed by atoms with Crippen molar-refractivity contribution in [3.63, 3.8) is 0 Å². The first-order valence-corrected chi connectivity index (χ1v) is 6.50. The number of likely N-dealkylation sites (N-methyl/N-ethyl adjacent to an activating group) is 1. The normalized spacial score (nSPS) is 33.7. The highest BCUT2D eigenvalue weighted by atomic mass is 35.5. The SMILES string of the molecule is CN1C2CCC1CN(CC=CCCl)CC2. The van der Waals surface area contributed by atoms with Gasteiger partial charge in [-0.3, -0.25) is 9.80 Å². The first-order valence-electron chi connectivity index (χ1n) is 5.96. The number of rotatable bonds is 3. The molecule has 0 aromatic carbocycles. The fourth-order valence-corrected chi connectivity index (χ4v) is 2.96. The number of alkyl halides is 1. The van der Waals surface area contributed by atoms with Crippen LogP contribution in [-0.2, 0) is 0 Å². The van der Waals surface area contributed by atoms with Crippen molar-refractivity contribution < 1.29 is 0 Å². The Kier molecular flexibility index (Phi) is 4.06. The minimum atomic E-state index is 0.639. The van der Waals surface area contributed by atoms with Gasteiger partial charge in [0.2, 0.25) is 0 Å². The number of hydrogen-bond acceptors (Lipinski definition) is 2. The van der Waals surface area contributed by atoms with Crippen molar-refractivity contribution in [3.8, 4) is 0 Å². The first-order chi connectivity index (χ1) is 7.31. The highest BCUT2D eigenvalue weighted by Crippen LogP contribution is 2.28. The molecule has 3 heteroatoms. The maximum Gasteiger partial charge on any atom is 0.0404 e. The molecule has 0 N–H and O–H groups in total. The van der Waals surface area contributed by atoms with Crippen LogP contribution >= 0.6 is 11.6 Å². The van der Waals surface area contributed by atoms with Gasteiger partial charge in [-0.1, -0.05) is 12.2 Å². The van der Waals surface area contributed by atoms with Gasteiger partial charge in [0.1, 0.15) is 0 Å². The highest BCUT2D eigenvalue weighted by Gasteiger charge is 2.33. The Balaban J connectivity index is 1.86. The van der Waals surface area contributed by atoms with Crippen molar-refractivity contribution in [2.24, 2.45) is 0 Å². The number of hydrogen-bond donors (Lipinski definition) is 0. The van der Waals surface area contributed by atoms with Crippen LogP contribution in [0.3, 0.4) is 0 Å². The topological polar surface area (TPSA) is 6.48 Å². The van der Waals surface area contributed by atoms with E-state index in [1.54, 1.807) is 0 Å². The molecule has 0 spiro atoms. The molecule has 0 aromatic heterocycles. The maximum absolute atomic E-state index is 5.62. The Hall–Kier alpha value is -0.0500. The van der Waals surface area contributed by atoms with E-state index in [1.165, 1.54) is 32.4 Å². The average Bonchev–Trinajstić information content (AvgIpc) is 2.46. The molecule has 0 aliphatic carbocycles. The molecule has 0 amide bonds. The lowest BCUT2D eigenvalue weighted by Gasteiger charge is -2.24. The van der Waals surface area contributed by atoms with Gasteiger partial charge in [0.15, 0.2) is 0 Å². The summed E-state index contributed by atoms with van der Waals surface area (Å²) in [4.78, 5) is 5.15. The van der Waals surface area contributed by atoms with Crippen LogP contribution in [0.1, 0.15) is 19.3 Å². The minimum Gasteiger partial charge on any atom is -0.299 e. The van der Waals surface area contributed by atoms with Gasteiger partial charge in [0.25, 0.3) is 0 Å². The second-order valence-corrected chi connectivity index (χ2v) is 5.03. The van der Waals surface area contributed by atoms with Gasteiger partial charge in [-0.25, -0.2) is 0 Å². The molecule has 2 fully saturated rings. The van der Waals surface area contributed by atoms with Gasteiger partial charge in [-0.05, 0) is 26.3 Å². The van der Waals surface area contributed by atoms with Crippen molar-refractivity contribution in [2.75, 3.05) is 32.6 Å². The van der Waals surface area contributed by atoms with Crippen molar-refractivity contribution in [1.29, 1.82) is 0 Å². The fourth-order valence-electron chi connectivity index (χ4n) is 2.83. The lowest BCUT2D eigenvalue weighted by Crippen LogP contribution is -2.36. The van der Waals surface area contributed by atoms with Gasteiger partial charge in [0, 0.05) is 37.6 Å². The lowest BCUT2D eigenvalue weighted by molar-refractivity contribution is 0.228. The second kappa shape index (κ2) is 5.33. The summed E-state index contributed by atoms with van der Waals surface area (Å²) in [7, 11) is 2.29. The van der Waals surface area contributed by atoms with Gasteiger partial charge >= 0.3 is 0 Å². The number of likely N-dealkylation sites (tertiary alicyclic amines) is 1. The molecule has 2 aliphatic rings. The van der Waals surface area contributed by atoms with Crippen LogP contribution in [0.5, 0.6) is 0 Å². The number of nitrogens with zero attached hydrogens (tertiary/aromatic N) is 2. The molecular weight excluding hydrogens is 208 g/mol. The molecule has 0 aromatic rings. The van der Waals surface area contributed by atoms with Crippen LogP contribution < -0.4 is 0 Å². The summed E-state index contributed by atoms with van der Waals surface area (Å²) in [5.41, 5.74) is 0. The zero-order valence-electron chi connectivity index (χ0n) is 9.53. The van der Waals surface area contributed by atoms with E-state index in [2.05, 4.69) is 29.0 Å². The lowest BCUT2D eigenvalue weighted by atomic mass is 10.1. The quantitative estimate of drug-likeness (QED) is 0.538. The number of allylic oxidation sites excluding steroid dienone is 1. The Bertz CT molecular complexity index is 230. The number of fused-ring (bicyclic) bond motifs is 2. The summed E-state index contributed by atoms with van der Waals surface area (Å²) in [5, 5.41) is 0. The molecule has 0 radical (unpaired) electrons. The largest absolute Gasteiger partial charge is 0.299 e. The average molecular weight is 229 g/mol. The summed E-state index contributed by atoms with van der Waals surface area (Å²) in [6.45, 7) is 3.56. The van der Waals surface area contributed by atoms with Crippen molar-refractivity contribution in [2.45, 2.75) is 31.3 Å². The first kappa shape index (κ1) is 11.4. The third-order valence-corrected chi connectivity index (χ3v) is 4.03. The van der Waals surface area contributed by atoms with Crippen molar-refractivity contribution in [1.82, 2.24) is 9.80 Å². The molecular formula is C12H21ClN2. The predicted octanol–water partition coefficient (Wildman–Crippen LogP) is 1.95. The van der Waals surface area contributed by atoms with E-state index < -0.39 is 0 Å². The Morgan fingerprint density at radius 3 is 2.80 bits per heavy atom. The molecule has 2 heterocycles. The molecule has 2 rings (SSSR count). The van der Waals surface area contributed by atoms with Crippen LogP contribution in [-0.4, -0.2) is 54.4 Å². The molecule has 0 saturated carbocycles. The molecule has 2 unspecified atom stereocenters. The molecule has 2 atom stereocenters. The fraction of sp³-hybridized carbons (Fsp3) is 0.833. The molecule has 2 saturated heterocycles. The summed E-state index contributed by atoms with van der Waals surface area (Å²) in [5.74, 6) is 0.639. The summed E-state index contributed by atoms with van der Waals surface area (Å²) >= 11 is 5.62. The zero-order chi connectivity index (χ0) is 10.7. The molecule has 2 nitrogen and oxygen atoms in total. The predicted molar refractivity (Wildman–Crippen MR) is 65.5 cm³/mol. The van der Waals surface area contributed by atoms with E-state index >= 15 is 0 Å². The maximum atomic E-state index is 5.62. The zero-order valence-corrected chi connectivity index (χ0v) is 10.3. The standard InChI is InChI=1S/C12H21ClN2/c1-14-11-4-5-12(14)10-15(9-6-11)8-3-2-7-13/h2-3,11-12H,4-10H2,1H3. The summed E-state index contributed by atoms with van der Waals surface area (Å²) in [6, 6.07) is 1.64. The molecule has 15 heavy (non-hydrogen) atoms. The van der Waals surface area contributed by atoms with E-state index in [0.29, 0.717) is 5.88 Å². The third-order valence-electron chi connectivity index (χ3n) is 3.85. The second-order valence-electron chi connectivity index (χ2n) is 4.72. The van der Waals surface area contributed by atoms with Crippen LogP contribution in [0.15, 0.2) is 12.2 Å². The summed E-state index contributed by atoms with van der Waals surface area (Å²) < 4.78 is 0. The molecule has 2 aliphatic heterocycles. The Morgan fingerprint density at radius 1 is 1.20 bits per heavy atom. The van der Waals surface area contributed by atoms with Crippen LogP contribution in [0.25, 0.3) is 0 Å².